The van der Waals surface area contributed by atoms with Crippen molar-refractivity contribution in [2.24, 2.45) is 4.99 Å². The largest absolute Gasteiger partial charge is 0.495 e. The fourth-order valence-corrected chi connectivity index (χ4v) is 4.94. The maximum Gasteiger partial charge on any atom is 0.248 e. The molecule has 0 unspecified atom stereocenters. The molecule has 3 rings (SSSR count). The zero-order valence-electron chi connectivity index (χ0n) is 15.7. The van der Waals surface area contributed by atoms with E-state index in [2.05, 4.69) is 40.7 Å². The van der Waals surface area contributed by atoms with Gasteiger partial charge in [-0.2, -0.15) is 16.8 Å². The van der Waals surface area contributed by atoms with Crippen molar-refractivity contribution in [3.63, 3.8) is 0 Å². The molecule has 0 aliphatic heterocycles. The first-order valence-electron chi connectivity index (χ1n) is 9.08. The zero-order valence-corrected chi connectivity index (χ0v) is 17.3. The lowest BCUT2D eigenvalue weighted by Crippen LogP contribution is -2.16. The first-order chi connectivity index (χ1) is 13.2. The highest BCUT2D eigenvalue weighted by Crippen LogP contribution is 2.27. The van der Waals surface area contributed by atoms with Crippen LogP contribution in [0.15, 0.2) is 53.5 Å². The SMILES string of the molecule is CCn1c(=NC(=O)CCCSCc2ccccc2)sc2cccc(OC)c21. The van der Waals surface area contributed by atoms with Crippen LogP contribution in [0.5, 0.6) is 5.75 Å². The number of para-hydroxylation sites is 1. The number of carbonyl (C=O) groups excluding carboxylic acids is 1. The molecule has 1 amide bonds. The summed E-state index contributed by atoms with van der Waals surface area (Å²) in [6.45, 7) is 2.81. The van der Waals surface area contributed by atoms with E-state index in [1.165, 1.54) is 16.9 Å². The monoisotopic (exact) mass is 400 g/mol. The van der Waals surface area contributed by atoms with E-state index in [4.69, 9.17) is 4.74 Å². The smallest absolute Gasteiger partial charge is 0.248 e. The number of ether oxygens (including phenoxy) is 1. The maximum atomic E-state index is 12.3. The Labute approximate surface area is 167 Å². The molecule has 0 saturated heterocycles. The lowest BCUT2D eigenvalue weighted by molar-refractivity contribution is -0.118. The Hall–Kier alpha value is -2.05. The molecule has 2 aromatic carbocycles. The van der Waals surface area contributed by atoms with Crippen LogP contribution in [0.4, 0.5) is 0 Å². The van der Waals surface area contributed by atoms with Gasteiger partial charge in [-0.25, -0.2) is 0 Å². The summed E-state index contributed by atoms with van der Waals surface area (Å²) in [5.41, 5.74) is 2.33. The van der Waals surface area contributed by atoms with Crippen molar-refractivity contribution in [1.29, 1.82) is 0 Å². The van der Waals surface area contributed by atoms with Crippen LogP contribution in [0.3, 0.4) is 0 Å². The van der Waals surface area contributed by atoms with Crippen molar-refractivity contribution < 1.29 is 9.53 Å². The second-order valence-corrected chi connectivity index (χ2v) is 8.20. The van der Waals surface area contributed by atoms with Crippen molar-refractivity contribution in [1.82, 2.24) is 4.57 Å². The van der Waals surface area contributed by atoms with Crippen LogP contribution in [-0.2, 0) is 17.1 Å². The Morgan fingerprint density at radius 2 is 2.00 bits per heavy atom. The number of nitrogens with zero attached hydrogens (tertiary/aromatic N) is 2. The summed E-state index contributed by atoms with van der Waals surface area (Å²) in [5.74, 6) is 2.71. The highest BCUT2D eigenvalue weighted by molar-refractivity contribution is 7.98. The number of amides is 1. The topological polar surface area (TPSA) is 43.6 Å². The van der Waals surface area contributed by atoms with Crippen LogP contribution in [-0.4, -0.2) is 23.3 Å². The van der Waals surface area contributed by atoms with Gasteiger partial charge in [-0.3, -0.25) is 4.79 Å². The number of fused-ring (bicyclic) bond motifs is 1. The number of rotatable bonds is 8. The first kappa shape index (κ1) is 19.7. The number of thiazole rings is 1. The van der Waals surface area contributed by atoms with Crippen LogP contribution in [0.25, 0.3) is 10.2 Å². The lowest BCUT2D eigenvalue weighted by Gasteiger charge is -2.05. The molecule has 0 fully saturated rings. The molecule has 0 aliphatic carbocycles. The van der Waals surface area contributed by atoms with Gasteiger partial charge in [-0.05, 0) is 36.8 Å². The molecule has 0 saturated carbocycles. The number of aryl methyl sites for hydroxylation is 1. The molecule has 1 aromatic heterocycles. The van der Waals surface area contributed by atoms with E-state index in [0.717, 1.165) is 45.2 Å². The molecule has 0 radical (unpaired) electrons. The van der Waals surface area contributed by atoms with Crippen LogP contribution < -0.4 is 9.54 Å². The van der Waals surface area contributed by atoms with Gasteiger partial charge in [0.2, 0.25) is 5.91 Å². The number of methoxy groups -OCH3 is 1. The van der Waals surface area contributed by atoms with Gasteiger partial charge in [0.25, 0.3) is 0 Å². The molecule has 142 valence electrons. The number of aromatic nitrogens is 1. The van der Waals surface area contributed by atoms with Gasteiger partial charge in [0.05, 0.1) is 11.8 Å². The minimum absolute atomic E-state index is 0.0527. The molecule has 0 aliphatic rings. The predicted molar refractivity (Wildman–Crippen MR) is 114 cm³/mol. The van der Waals surface area contributed by atoms with E-state index in [0.29, 0.717) is 6.42 Å². The van der Waals surface area contributed by atoms with Crippen molar-refractivity contribution in [2.45, 2.75) is 32.1 Å². The molecule has 4 nitrogen and oxygen atoms in total. The summed E-state index contributed by atoms with van der Waals surface area (Å²) >= 11 is 3.40. The third-order valence-electron chi connectivity index (χ3n) is 4.21. The Kier molecular flexibility index (Phi) is 7.12. The summed E-state index contributed by atoms with van der Waals surface area (Å²) in [4.78, 5) is 17.5. The highest BCUT2D eigenvalue weighted by atomic mass is 32.2. The molecule has 3 aromatic rings. The first-order valence-corrected chi connectivity index (χ1v) is 11.1. The molecule has 0 bridgehead atoms. The van der Waals surface area contributed by atoms with E-state index in [1.807, 2.05) is 36.0 Å². The standard InChI is InChI=1S/C21H24N2O2S2/c1-3-23-20-17(25-2)11-7-12-18(20)27-21(23)22-19(24)13-8-14-26-15-16-9-5-4-6-10-16/h4-7,9-12H,3,8,13-15H2,1-2H3. The molecular formula is C21H24N2O2S2. The van der Waals surface area contributed by atoms with E-state index < -0.39 is 0 Å². The quantitative estimate of drug-likeness (QED) is 0.507. The summed E-state index contributed by atoms with van der Waals surface area (Å²) in [6.07, 6.45) is 1.33. The van der Waals surface area contributed by atoms with Crippen LogP contribution in [0, 0.1) is 0 Å². The van der Waals surface area contributed by atoms with E-state index in [9.17, 15) is 4.79 Å². The average molecular weight is 401 g/mol. The molecular weight excluding hydrogens is 376 g/mol. The van der Waals surface area contributed by atoms with Crippen molar-refractivity contribution >= 4 is 39.2 Å². The fourth-order valence-electron chi connectivity index (χ4n) is 2.89. The van der Waals surface area contributed by atoms with E-state index in [-0.39, 0.29) is 5.91 Å². The summed E-state index contributed by atoms with van der Waals surface area (Å²) in [6, 6.07) is 16.4. The predicted octanol–water partition coefficient (Wildman–Crippen LogP) is 4.87. The second kappa shape index (κ2) is 9.76. The highest BCUT2D eigenvalue weighted by Gasteiger charge is 2.11. The van der Waals surface area contributed by atoms with Gasteiger partial charge in [0, 0.05) is 18.7 Å². The lowest BCUT2D eigenvalue weighted by atomic mass is 10.2. The Morgan fingerprint density at radius 1 is 1.19 bits per heavy atom. The second-order valence-electron chi connectivity index (χ2n) is 6.08. The Bertz CT molecular complexity index is 961. The van der Waals surface area contributed by atoms with Gasteiger partial charge < -0.3 is 9.30 Å². The van der Waals surface area contributed by atoms with Crippen LogP contribution in [0.2, 0.25) is 0 Å². The third-order valence-corrected chi connectivity index (χ3v) is 6.37. The zero-order chi connectivity index (χ0) is 19.1. The van der Waals surface area contributed by atoms with Gasteiger partial charge in [-0.15, -0.1) is 0 Å². The van der Waals surface area contributed by atoms with Crippen LogP contribution >= 0.6 is 23.1 Å². The average Bonchev–Trinajstić information content (AvgIpc) is 3.05. The summed E-state index contributed by atoms with van der Waals surface area (Å²) in [5, 5.41) is 0. The minimum atomic E-state index is -0.0527. The molecule has 0 atom stereocenters. The van der Waals surface area contributed by atoms with Crippen molar-refractivity contribution in [3.05, 3.63) is 58.9 Å². The van der Waals surface area contributed by atoms with Gasteiger partial charge in [0.1, 0.15) is 11.3 Å². The van der Waals surface area contributed by atoms with Gasteiger partial charge in [0.15, 0.2) is 4.80 Å². The van der Waals surface area contributed by atoms with Crippen molar-refractivity contribution in [2.75, 3.05) is 12.9 Å². The number of benzene rings is 2. The Morgan fingerprint density at radius 3 is 2.74 bits per heavy atom. The van der Waals surface area contributed by atoms with Gasteiger partial charge >= 0.3 is 0 Å². The summed E-state index contributed by atoms with van der Waals surface area (Å²) < 4.78 is 8.61. The van der Waals surface area contributed by atoms with E-state index >= 15 is 0 Å². The maximum absolute atomic E-state index is 12.3. The van der Waals surface area contributed by atoms with Gasteiger partial charge in [-0.1, -0.05) is 47.7 Å². The van der Waals surface area contributed by atoms with Crippen molar-refractivity contribution in [3.8, 4) is 5.75 Å². The summed E-state index contributed by atoms with van der Waals surface area (Å²) in [7, 11) is 1.67. The molecule has 0 spiro atoms. The molecule has 1 heterocycles. The molecule has 6 heteroatoms. The number of carbonyl (C=O) groups is 1. The van der Waals surface area contributed by atoms with Crippen LogP contribution in [0.1, 0.15) is 25.3 Å². The van der Waals surface area contributed by atoms with E-state index in [1.54, 1.807) is 7.11 Å². The third kappa shape index (κ3) is 5.02. The number of hydrogen-bond donors (Lipinski definition) is 0. The number of hydrogen-bond acceptors (Lipinski definition) is 4. The normalized spacial score (nSPS) is 11.9. The molecule has 0 N–H and O–H groups in total. The number of thioether (sulfide) groups is 1. The Balaban J connectivity index is 1.61. The minimum Gasteiger partial charge on any atom is -0.495 e. The fraction of sp³-hybridized carbons (Fsp3) is 0.333. The molecule has 27 heavy (non-hydrogen) atoms.